The molecule has 0 aliphatic carbocycles. The van der Waals surface area contributed by atoms with Gasteiger partial charge in [0.25, 0.3) is 0 Å². The van der Waals surface area contributed by atoms with E-state index in [1.54, 1.807) is 12.4 Å². The van der Waals surface area contributed by atoms with E-state index in [9.17, 15) is 10.5 Å². The van der Waals surface area contributed by atoms with Crippen molar-refractivity contribution >= 4 is 53.1 Å². The predicted molar refractivity (Wildman–Crippen MR) is 201 cm³/mol. The zero-order valence-electron chi connectivity index (χ0n) is 26.1. The molecule has 0 bridgehead atoms. The summed E-state index contributed by atoms with van der Waals surface area (Å²) in [6.45, 7) is 0. The number of pyridine rings is 2. The lowest BCUT2D eigenvalue weighted by atomic mass is 9.85. The van der Waals surface area contributed by atoms with E-state index in [1.165, 1.54) is 52.8 Å². The van der Waals surface area contributed by atoms with Gasteiger partial charge in [-0.3, -0.25) is 0 Å². The Labute approximate surface area is 286 Å². The lowest BCUT2D eigenvalue weighted by molar-refractivity contribution is 1.26. The molecule has 0 aliphatic rings. The second-order valence-electron chi connectivity index (χ2n) is 12.0. The summed E-state index contributed by atoms with van der Waals surface area (Å²) in [5.74, 6) is 0. The Morgan fingerprint density at radius 3 is 1.39 bits per heavy atom. The van der Waals surface area contributed by atoms with Gasteiger partial charge in [0.2, 0.25) is 0 Å². The quantitative estimate of drug-likeness (QED) is 0.179. The highest BCUT2D eigenvalue weighted by atomic mass is 32.1. The summed E-state index contributed by atoms with van der Waals surface area (Å²) in [4.78, 5) is 8.29. The van der Waals surface area contributed by atoms with Crippen molar-refractivity contribution in [1.29, 1.82) is 10.5 Å². The predicted octanol–water partition coefficient (Wildman–Crippen LogP) is 11.6. The number of aromatic nitrogens is 2. The summed E-state index contributed by atoms with van der Waals surface area (Å²) in [6.07, 6.45) is 3.37. The summed E-state index contributed by atoms with van der Waals surface area (Å²) in [5.41, 5.74) is 9.48. The molecule has 9 aromatic rings. The first-order chi connectivity index (χ1) is 24.2. The van der Waals surface area contributed by atoms with Gasteiger partial charge < -0.3 is 0 Å². The minimum absolute atomic E-state index is 0.405. The van der Waals surface area contributed by atoms with Crippen molar-refractivity contribution < 1.29 is 0 Å². The highest BCUT2D eigenvalue weighted by molar-refractivity contribution is 7.25. The lowest BCUT2D eigenvalue weighted by Crippen LogP contribution is -1.92. The highest BCUT2D eigenvalue weighted by Gasteiger charge is 2.19. The van der Waals surface area contributed by atoms with Gasteiger partial charge in [-0.05, 0) is 109 Å². The van der Waals surface area contributed by atoms with Crippen LogP contribution in [0.5, 0.6) is 0 Å². The van der Waals surface area contributed by atoms with Crippen molar-refractivity contribution in [3.63, 3.8) is 0 Å². The largest absolute Gasteiger partial charge is 0.246 e. The second kappa shape index (κ2) is 11.5. The number of nitriles is 2. The molecule has 49 heavy (non-hydrogen) atoms. The molecule has 0 amide bonds. The molecule has 5 heteroatoms. The molecule has 3 aromatic heterocycles. The zero-order valence-corrected chi connectivity index (χ0v) is 26.9. The number of rotatable bonds is 4. The van der Waals surface area contributed by atoms with Gasteiger partial charge in [-0.15, -0.1) is 11.3 Å². The van der Waals surface area contributed by atoms with Crippen LogP contribution in [0.15, 0.2) is 146 Å². The van der Waals surface area contributed by atoms with Crippen LogP contribution in [0.2, 0.25) is 0 Å². The fraction of sp³-hybridized carbons (Fsp3) is 0. The molecule has 0 unspecified atom stereocenters. The maximum absolute atomic E-state index is 9.39. The van der Waals surface area contributed by atoms with Crippen LogP contribution < -0.4 is 0 Å². The molecule has 0 N–H and O–H groups in total. The van der Waals surface area contributed by atoms with Crippen LogP contribution in [-0.4, -0.2) is 9.97 Å². The molecule has 0 fully saturated rings. The van der Waals surface area contributed by atoms with Gasteiger partial charge in [0, 0.05) is 32.6 Å². The standard InChI is InChI=1S/C44H24N4S/c45-25-33-21-31(17-19-47-33)27-9-13-29(14-10-27)43-36-6-1-2-7-37(36)44(30-15-11-28(12-16-30)32-18-20-48-34(22-32)26-46)40-24-42-38(23-39(40)43)35-5-3-4-8-41(35)49-42/h1-24H. The summed E-state index contributed by atoms with van der Waals surface area (Å²) in [7, 11) is 0. The average molecular weight is 641 g/mol. The molecule has 6 aromatic carbocycles. The number of thiophene rings is 1. The molecule has 0 saturated carbocycles. The number of hydrogen-bond donors (Lipinski definition) is 0. The minimum Gasteiger partial charge on any atom is -0.246 e. The van der Waals surface area contributed by atoms with Gasteiger partial charge >= 0.3 is 0 Å². The van der Waals surface area contributed by atoms with E-state index >= 15 is 0 Å². The molecule has 0 atom stereocenters. The van der Waals surface area contributed by atoms with Crippen LogP contribution in [0.1, 0.15) is 11.4 Å². The monoisotopic (exact) mass is 640 g/mol. The first kappa shape index (κ1) is 28.6. The first-order valence-electron chi connectivity index (χ1n) is 15.9. The molecular formula is C44H24N4S. The fourth-order valence-electron chi connectivity index (χ4n) is 7.02. The summed E-state index contributed by atoms with van der Waals surface area (Å²) >= 11 is 1.83. The Morgan fingerprint density at radius 1 is 0.388 bits per heavy atom. The van der Waals surface area contributed by atoms with Crippen LogP contribution in [-0.2, 0) is 0 Å². The van der Waals surface area contributed by atoms with Crippen LogP contribution in [0, 0.1) is 22.7 Å². The van der Waals surface area contributed by atoms with E-state index in [0.29, 0.717) is 11.4 Å². The first-order valence-corrected chi connectivity index (χ1v) is 16.7. The van der Waals surface area contributed by atoms with Crippen molar-refractivity contribution in [1.82, 2.24) is 9.97 Å². The molecule has 0 saturated heterocycles. The van der Waals surface area contributed by atoms with E-state index in [2.05, 4.69) is 131 Å². The van der Waals surface area contributed by atoms with Crippen molar-refractivity contribution in [3.8, 4) is 56.6 Å². The Kier molecular flexibility index (Phi) is 6.73. The average Bonchev–Trinajstić information content (AvgIpc) is 3.54. The molecule has 9 rings (SSSR count). The molecule has 0 aliphatic heterocycles. The van der Waals surface area contributed by atoms with Gasteiger partial charge in [-0.25, -0.2) is 9.97 Å². The fourth-order valence-corrected chi connectivity index (χ4v) is 8.14. The smallest absolute Gasteiger partial charge is 0.141 e. The molecule has 4 nitrogen and oxygen atoms in total. The van der Waals surface area contributed by atoms with Crippen molar-refractivity contribution in [2.45, 2.75) is 0 Å². The third-order valence-corrected chi connectivity index (χ3v) is 10.4. The zero-order chi connectivity index (χ0) is 32.9. The third kappa shape index (κ3) is 4.81. The van der Waals surface area contributed by atoms with Gasteiger partial charge in [-0.2, -0.15) is 10.5 Å². The SMILES string of the molecule is N#Cc1cc(-c2ccc(-c3c4ccccc4c(-c4ccc(-c5ccnc(C#N)c5)cc4)c4cc5c(cc34)sc3ccccc35)cc2)ccn1. The van der Waals surface area contributed by atoms with Crippen molar-refractivity contribution in [3.05, 3.63) is 157 Å². The molecule has 0 spiro atoms. The topological polar surface area (TPSA) is 73.4 Å². The van der Waals surface area contributed by atoms with Gasteiger partial charge in [0.05, 0.1) is 0 Å². The van der Waals surface area contributed by atoms with Crippen molar-refractivity contribution in [2.75, 3.05) is 0 Å². The normalized spacial score (nSPS) is 11.2. The Hall–Kier alpha value is -6.66. The molecule has 0 radical (unpaired) electrons. The van der Waals surface area contributed by atoms with E-state index in [4.69, 9.17) is 0 Å². The van der Waals surface area contributed by atoms with Crippen LogP contribution in [0.3, 0.4) is 0 Å². The van der Waals surface area contributed by atoms with Gasteiger partial charge in [0.15, 0.2) is 0 Å². The maximum atomic E-state index is 9.39. The molecule has 226 valence electrons. The van der Waals surface area contributed by atoms with E-state index in [0.717, 1.165) is 33.4 Å². The van der Waals surface area contributed by atoms with E-state index in [1.807, 2.05) is 35.6 Å². The summed E-state index contributed by atoms with van der Waals surface area (Å²) < 4.78 is 2.53. The number of fused-ring (bicyclic) bond motifs is 5. The number of benzene rings is 6. The number of nitrogens with zero attached hydrogens (tertiary/aromatic N) is 4. The van der Waals surface area contributed by atoms with Gasteiger partial charge in [0.1, 0.15) is 23.5 Å². The van der Waals surface area contributed by atoms with E-state index in [-0.39, 0.29) is 0 Å². The van der Waals surface area contributed by atoms with Crippen LogP contribution in [0.25, 0.3) is 86.2 Å². The highest BCUT2D eigenvalue weighted by Crippen LogP contribution is 2.47. The third-order valence-electron chi connectivity index (χ3n) is 9.28. The maximum Gasteiger partial charge on any atom is 0.141 e. The van der Waals surface area contributed by atoms with Crippen LogP contribution >= 0.6 is 11.3 Å². The minimum atomic E-state index is 0.405. The molecule has 3 heterocycles. The van der Waals surface area contributed by atoms with Crippen molar-refractivity contribution in [2.24, 2.45) is 0 Å². The Bertz CT molecular complexity index is 2840. The Balaban J connectivity index is 1.31. The van der Waals surface area contributed by atoms with Gasteiger partial charge in [-0.1, -0.05) is 91.0 Å². The molecular weight excluding hydrogens is 617 g/mol. The lowest BCUT2D eigenvalue weighted by Gasteiger charge is -2.18. The van der Waals surface area contributed by atoms with Crippen LogP contribution in [0.4, 0.5) is 0 Å². The Morgan fingerprint density at radius 2 is 0.857 bits per heavy atom. The summed E-state index contributed by atoms with van der Waals surface area (Å²) in [6, 6.07) is 51.2. The van der Waals surface area contributed by atoms with E-state index < -0.39 is 0 Å². The summed E-state index contributed by atoms with van der Waals surface area (Å²) in [5, 5.41) is 26.1. The second-order valence-corrected chi connectivity index (χ2v) is 13.1. The number of hydrogen-bond acceptors (Lipinski definition) is 5.